The van der Waals surface area contributed by atoms with Crippen molar-refractivity contribution in [2.75, 3.05) is 17.2 Å². The first-order valence-electron chi connectivity index (χ1n) is 7.72. The van der Waals surface area contributed by atoms with E-state index in [0.29, 0.717) is 23.0 Å². The van der Waals surface area contributed by atoms with E-state index in [-0.39, 0.29) is 24.3 Å². The Balaban J connectivity index is 1.62. The Morgan fingerprint density at radius 1 is 1.23 bits per heavy atom. The summed E-state index contributed by atoms with van der Waals surface area (Å²) in [4.78, 5) is 20.2. The zero-order valence-corrected chi connectivity index (χ0v) is 14.1. The van der Waals surface area contributed by atoms with Crippen LogP contribution in [-0.4, -0.2) is 27.6 Å². The van der Waals surface area contributed by atoms with E-state index in [9.17, 15) is 9.18 Å². The second-order valence-corrected chi connectivity index (χ2v) is 5.47. The average molecular weight is 357 g/mol. The zero-order chi connectivity index (χ0) is 18.5. The summed E-state index contributed by atoms with van der Waals surface area (Å²) in [5.41, 5.74) is 1.13. The molecule has 134 valence electrons. The molecule has 1 amide bonds. The number of aryl methyl sites for hydroxylation is 2. The first-order valence-corrected chi connectivity index (χ1v) is 7.72. The van der Waals surface area contributed by atoms with Gasteiger partial charge in [0.15, 0.2) is 12.4 Å². The van der Waals surface area contributed by atoms with Gasteiger partial charge in [-0.05, 0) is 32.0 Å². The van der Waals surface area contributed by atoms with E-state index in [1.807, 2.05) is 0 Å². The third-order valence-electron chi connectivity index (χ3n) is 3.16. The number of hydrogen-bond acceptors (Lipinski definition) is 7. The van der Waals surface area contributed by atoms with Crippen molar-refractivity contribution in [3.05, 3.63) is 53.7 Å². The van der Waals surface area contributed by atoms with Gasteiger partial charge in [-0.1, -0.05) is 11.2 Å². The monoisotopic (exact) mass is 357 g/mol. The third-order valence-corrected chi connectivity index (χ3v) is 3.16. The fourth-order valence-corrected chi connectivity index (χ4v) is 2.11. The number of aromatic nitrogens is 3. The van der Waals surface area contributed by atoms with Gasteiger partial charge in [-0.25, -0.2) is 9.37 Å². The van der Waals surface area contributed by atoms with E-state index in [4.69, 9.17) is 9.26 Å². The Kier molecular flexibility index (Phi) is 5.07. The Morgan fingerprint density at radius 3 is 2.81 bits per heavy atom. The minimum absolute atomic E-state index is 0.211. The lowest BCUT2D eigenvalue weighted by atomic mass is 10.3. The molecule has 26 heavy (non-hydrogen) atoms. The molecular formula is C17H16FN5O3. The highest BCUT2D eigenvalue weighted by atomic mass is 19.1. The Labute approximate surface area is 148 Å². The zero-order valence-electron chi connectivity index (χ0n) is 14.1. The van der Waals surface area contributed by atoms with Crippen LogP contribution in [0, 0.1) is 19.7 Å². The van der Waals surface area contributed by atoms with E-state index in [1.54, 1.807) is 38.1 Å². The predicted molar refractivity (Wildman–Crippen MR) is 91.8 cm³/mol. The lowest BCUT2D eigenvalue weighted by molar-refractivity contribution is -0.118. The van der Waals surface area contributed by atoms with Gasteiger partial charge in [0.2, 0.25) is 11.8 Å². The van der Waals surface area contributed by atoms with Crippen LogP contribution in [0.4, 0.5) is 21.8 Å². The molecule has 3 aromatic rings. The number of halogens is 1. The second kappa shape index (κ2) is 7.60. The Bertz CT molecular complexity index is 928. The quantitative estimate of drug-likeness (QED) is 0.699. The molecular weight excluding hydrogens is 341 g/mol. The molecule has 8 nitrogen and oxygen atoms in total. The molecule has 0 aliphatic carbocycles. The fourth-order valence-electron chi connectivity index (χ4n) is 2.11. The van der Waals surface area contributed by atoms with Gasteiger partial charge in [0, 0.05) is 23.5 Å². The molecule has 0 bridgehead atoms. The minimum Gasteiger partial charge on any atom is -0.467 e. The van der Waals surface area contributed by atoms with Crippen molar-refractivity contribution < 1.29 is 18.4 Å². The van der Waals surface area contributed by atoms with Crippen LogP contribution in [0.2, 0.25) is 0 Å². The van der Waals surface area contributed by atoms with Crippen molar-refractivity contribution in [2.45, 2.75) is 13.8 Å². The van der Waals surface area contributed by atoms with Crippen LogP contribution in [0.15, 0.2) is 40.9 Å². The number of rotatable bonds is 6. The van der Waals surface area contributed by atoms with Crippen LogP contribution in [0.1, 0.15) is 11.5 Å². The molecule has 3 rings (SSSR count). The molecule has 0 saturated carbocycles. The summed E-state index contributed by atoms with van der Waals surface area (Å²) < 4.78 is 23.5. The van der Waals surface area contributed by atoms with Crippen LogP contribution in [-0.2, 0) is 4.79 Å². The van der Waals surface area contributed by atoms with Crippen molar-refractivity contribution in [3.8, 4) is 5.88 Å². The van der Waals surface area contributed by atoms with Gasteiger partial charge in [0.05, 0.1) is 0 Å². The number of ether oxygens (including phenoxy) is 1. The minimum atomic E-state index is -0.408. The van der Waals surface area contributed by atoms with Gasteiger partial charge in [0.25, 0.3) is 5.91 Å². The molecule has 2 heterocycles. The third kappa shape index (κ3) is 4.76. The molecule has 0 fully saturated rings. The largest absolute Gasteiger partial charge is 0.467 e. The van der Waals surface area contributed by atoms with Gasteiger partial charge in [-0.3, -0.25) is 4.79 Å². The van der Waals surface area contributed by atoms with Gasteiger partial charge in [-0.15, -0.1) is 0 Å². The Hall–Kier alpha value is -3.49. The predicted octanol–water partition coefficient (Wildman–Crippen LogP) is 2.98. The standard InChI is InChI=1S/C17H16FN5O3/c1-10-6-16(25-9-15(24)21-14-7-11(2)26-23-14)22-17(19-10)20-13-5-3-4-12(18)8-13/h3-8H,9H2,1-2H3,(H,19,20,22)(H,21,23,24). The highest BCUT2D eigenvalue weighted by molar-refractivity contribution is 5.90. The summed E-state index contributed by atoms with van der Waals surface area (Å²) in [5.74, 6) is 0.554. The summed E-state index contributed by atoms with van der Waals surface area (Å²) >= 11 is 0. The van der Waals surface area contributed by atoms with Gasteiger partial charge < -0.3 is 19.9 Å². The molecule has 0 saturated heterocycles. The van der Waals surface area contributed by atoms with E-state index in [0.717, 1.165) is 0 Å². The molecule has 2 N–H and O–H groups in total. The molecule has 1 aromatic carbocycles. The number of nitrogens with zero attached hydrogens (tertiary/aromatic N) is 3. The molecule has 0 spiro atoms. The number of nitrogens with one attached hydrogen (secondary N) is 2. The Morgan fingerprint density at radius 2 is 2.08 bits per heavy atom. The van der Waals surface area contributed by atoms with Crippen LogP contribution < -0.4 is 15.4 Å². The van der Waals surface area contributed by atoms with Crippen molar-refractivity contribution in [3.63, 3.8) is 0 Å². The second-order valence-electron chi connectivity index (χ2n) is 5.47. The molecule has 0 radical (unpaired) electrons. The summed E-state index contributed by atoms with van der Waals surface area (Å²) in [6.07, 6.45) is 0. The summed E-state index contributed by atoms with van der Waals surface area (Å²) in [6, 6.07) is 9.09. The fraction of sp³-hybridized carbons (Fsp3) is 0.176. The first-order chi connectivity index (χ1) is 12.5. The van der Waals surface area contributed by atoms with E-state index in [2.05, 4.69) is 25.8 Å². The molecule has 0 atom stereocenters. The molecule has 0 aliphatic rings. The normalized spacial score (nSPS) is 10.4. The maximum Gasteiger partial charge on any atom is 0.263 e. The van der Waals surface area contributed by atoms with Gasteiger partial charge >= 0.3 is 0 Å². The van der Waals surface area contributed by atoms with E-state index < -0.39 is 5.91 Å². The number of carbonyl (C=O) groups is 1. The number of anilines is 3. The molecule has 2 aromatic heterocycles. The SMILES string of the molecule is Cc1cc(OCC(=O)Nc2cc(C)on2)nc(Nc2cccc(F)c2)n1. The van der Waals surface area contributed by atoms with Crippen molar-refractivity contribution in [1.29, 1.82) is 0 Å². The molecule has 9 heteroatoms. The van der Waals surface area contributed by atoms with Crippen LogP contribution in [0.5, 0.6) is 5.88 Å². The van der Waals surface area contributed by atoms with Crippen LogP contribution >= 0.6 is 0 Å². The summed E-state index contributed by atoms with van der Waals surface area (Å²) in [6.45, 7) is 3.21. The van der Waals surface area contributed by atoms with E-state index >= 15 is 0 Å². The lowest BCUT2D eigenvalue weighted by Crippen LogP contribution is -2.20. The topological polar surface area (TPSA) is 102 Å². The number of carbonyl (C=O) groups excluding carboxylic acids is 1. The summed E-state index contributed by atoms with van der Waals surface area (Å²) in [5, 5.41) is 9.09. The smallest absolute Gasteiger partial charge is 0.263 e. The van der Waals surface area contributed by atoms with Gasteiger partial charge in [0.1, 0.15) is 11.6 Å². The number of benzene rings is 1. The number of amides is 1. The van der Waals surface area contributed by atoms with Crippen molar-refractivity contribution in [2.24, 2.45) is 0 Å². The summed E-state index contributed by atoms with van der Waals surface area (Å²) in [7, 11) is 0. The van der Waals surface area contributed by atoms with Crippen LogP contribution in [0.25, 0.3) is 0 Å². The van der Waals surface area contributed by atoms with Crippen LogP contribution in [0.3, 0.4) is 0 Å². The highest BCUT2D eigenvalue weighted by Gasteiger charge is 2.09. The first kappa shape index (κ1) is 17.3. The maximum absolute atomic E-state index is 13.3. The van der Waals surface area contributed by atoms with Crippen molar-refractivity contribution in [1.82, 2.24) is 15.1 Å². The highest BCUT2D eigenvalue weighted by Crippen LogP contribution is 2.17. The molecule has 0 unspecified atom stereocenters. The van der Waals surface area contributed by atoms with E-state index in [1.165, 1.54) is 12.1 Å². The van der Waals surface area contributed by atoms with Crippen molar-refractivity contribution >= 4 is 23.4 Å². The van der Waals surface area contributed by atoms with Gasteiger partial charge in [-0.2, -0.15) is 4.98 Å². The molecule has 0 aliphatic heterocycles. The maximum atomic E-state index is 13.3. The average Bonchev–Trinajstić information content (AvgIpc) is 2.97. The lowest BCUT2D eigenvalue weighted by Gasteiger charge is -2.09. The number of hydrogen-bond donors (Lipinski definition) is 2.